The zero-order valence-corrected chi connectivity index (χ0v) is 18.5. The van der Waals surface area contributed by atoms with E-state index < -0.39 is 0 Å². The summed E-state index contributed by atoms with van der Waals surface area (Å²) in [6.45, 7) is 7.62. The van der Waals surface area contributed by atoms with Crippen LogP contribution >= 0.6 is 11.8 Å². The zero-order chi connectivity index (χ0) is 21.3. The average Bonchev–Trinajstić information content (AvgIpc) is 3.34. The normalized spacial score (nSPS) is 15.5. The van der Waals surface area contributed by atoms with E-state index in [2.05, 4.69) is 12.0 Å². The number of carbonyl (C=O) groups excluding carboxylic acids is 1. The molecule has 158 valence electrons. The molecule has 1 aliphatic rings. The van der Waals surface area contributed by atoms with Gasteiger partial charge in [0.2, 0.25) is 5.91 Å². The smallest absolute Gasteiger partial charge is 0.265 e. The van der Waals surface area contributed by atoms with Gasteiger partial charge in [-0.15, -0.1) is 0 Å². The van der Waals surface area contributed by atoms with Crippen LogP contribution in [0, 0.1) is 6.92 Å². The number of hydrogen-bond acceptors (Lipinski definition) is 5. The van der Waals surface area contributed by atoms with Gasteiger partial charge in [-0.2, -0.15) is 5.10 Å². The Morgan fingerprint density at radius 3 is 2.73 bits per heavy atom. The summed E-state index contributed by atoms with van der Waals surface area (Å²) in [7, 11) is 0. The van der Waals surface area contributed by atoms with Crippen LogP contribution in [-0.2, 0) is 4.79 Å². The fraction of sp³-hybridized carbons (Fsp3) is 0.455. The van der Waals surface area contributed by atoms with E-state index in [1.165, 1.54) is 11.8 Å². The number of carbonyl (C=O) groups is 1. The first-order valence-corrected chi connectivity index (χ1v) is 11.5. The van der Waals surface area contributed by atoms with Gasteiger partial charge in [-0.3, -0.25) is 14.2 Å². The molecule has 1 aliphatic heterocycles. The molecule has 0 N–H and O–H groups in total. The Labute approximate surface area is 180 Å². The fourth-order valence-corrected chi connectivity index (χ4v) is 4.93. The molecular weight excluding hydrogens is 398 g/mol. The van der Waals surface area contributed by atoms with E-state index in [-0.39, 0.29) is 17.5 Å². The van der Waals surface area contributed by atoms with Gasteiger partial charge in [0.15, 0.2) is 10.8 Å². The van der Waals surface area contributed by atoms with E-state index in [9.17, 15) is 9.59 Å². The van der Waals surface area contributed by atoms with Gasteiger partial charge >= 0.3 is 0 Å². The number of hydrogen-bond donors (Lipinski definition) is 0. The molecule has 30 heavy (non-hydrogen) atoms. The highest BCUT2D eigenvalue weighted by Crippen LogP contribution is 2.33. The lowest BCUT2D eigenvalue weighted by Gasteiger charge is -2.23. The molecule has 0 aliphatic carbocycles. The van der Waals surface area contributed by atoms with Crippen LogP contribution in [0.5, 0.6) is 0 Å². The van der Waals surface area contributed by atoms with Crippen molar-refractivity contribution in [2.75, 3.05) is 18.8 Å². The molecule has 4 rings (SSSR count). The first kappa shape index (κ1) is 20.7. The average molecular weight is 426 g/mol. The third-order valence-electron chi connectivity index (χ3n) is 5.58. The summed E-state index contributed by atoms with van der Waals surface area (Å²) < 4.78 is 3.40. The van der Waals surface area contributed by atoms with Gasteiger partial charge in [-0.05, 0) is 32.4 Å². The molecule has 0 radical (unpaired) electrons. The van der Waals surface area contributed by atoms with Crippen molar-refractivity contribution >= 4 is 28.7 Å². The number of rotatable bonds is 7. The number of aryl methyl sites for hydroxylation is 1. The Hall–Kier alpha value is -2.61. The molecule has 0 spiro atoms. The molecule has 3 aromatic rings. The maximum absolute atomic E-state index is 13.3. The quantitative estimate of drug-likeness (QED) is 0.541. The number of fused-ring (bicyclic) bond motifs is 2. The summed E-state index contributed by atoms with van der Waals surface area (Å²) in [5.74, 6) is 0.788. The maximum atomic E-state index is 13.3. The van der Waals surface area contributed by atoms with Crippen LogP contribution in [0.2, 0.25) is 0 Å². The number of amides is 1. The highest BCUT2D eigenvalue weighted by Gasteiger charge is 2.30. The van der Waals surface area contributed by atoms with Crippen molar-refractivity contribution in [1.29, 1.82) is 0 Å². The molecule has 1 aromatic carbocycles. The Balaban J connectivity index is 1.65. The summed E-state index contributed by atoms with van der Waals surface area (Å²) in [6, 6.07) is 7.80. The molecule has 8 heteroatoms. The monoisotopic (exact) mass is 425 g/mol. The standard InChI is InChI=1S/C22H27N5O2S/c1-4-6-11-25(5-2)19(28)12-17-14-30-22-24-20-18(21(29)26(17)22)13-23-27(20)16-9-7-15(3)8-10-16/h7-10,13,17H,4-6,11-12,14H2,1-3H3. The second-order valence-corrected chi connectivity index (χ2v) is 8.68. The first-order valence-electron chi connectivity index (χ1n) is 10.5. The molecule has 1 amide bonds. The van der Waals surface area contributed by atoms with Crippen molar-refractivity contribution in [3.05, 3.63) is 46.4 Å². The predicted molar refractivity (Wildman–Crippen MR) is 119 cm³/mol. The lowest BCUT2D eigenvalue weighted by atomic mass is 10.2. The SMILES string of the molecule is CCCCN(CC)C(=O)CC1CSc2nc3c(cnn3-c3ccc(C)cc3)c(=O)n21. The lowest BCUT2D eigenvalue weighted by molar-refractivity contribution is -0.131. The largest absolute Gasteiger partial charge is 0.343 e. The number of nitrogens with zero attached hydrogens (tertiary/aromatic N) is 5. The summed E-state index contributed by atoms with van der Waals surface area (Å²) in [5.41, 5.74) is 2.48. The van der Waals surface area contributed by atoms with Crippen molar-refractivity contribution < 1.29 is 4.79 Å². The van der Waals surface area contributed by atoms with E-state index in [1.807, 2.05) is 43.0 Å². The molecule has 0 fully saturated rings. The number of aromatic nitrogens is 4. The molecule has 3 heterocycles. The second kappa shape index (κ2) is 8.63. The summed E-state index contributed by atoms with van der Waals surface area (Å²) >= 11 is 1.53. The van der Waals surface area contributed by atoms with Gasteiger partial charge in [-0.1, -0.05) is 42.8 Å². The Bertz CT molecular complexity index is 1120. The van der Waals surface area contributed by atoms with Crippen LogP contribution in [-0.4, -0.2) is 49.0 Å². The van der Waals surface area contributed by atoms with Crippen molar-refractivity contribution in [1.82, 2.24) is 24.2 Å². The van der Waals surface area contributed by atoms with Gasteiger partial charge < -0.3 is 4.90 Å². The van der Waals surface area contributed by atoms with Gasteiger partial charge in [0, 0.05) is 25.3 Å². The predicted octanol–water partition coefficient (Wildman–Crippen LogP) is 3.58. The van der Waals surface area contributed by atoms with Gasteiger partial charge in [0.1, 0.15) is 5.39 Å². The molecule has 1 atom stereocenters. The van der Waals surface area contributed by atoms with E-state index >= 15 is 0 Å². The number of thioether (sulfide) groups is 1. The van der Waals surface area contributed by atoms with E-state index in [1.54, 1.807) is 15.4 Å². The molecule has 0 saturated carbocycles. The van der Waals surface area contributed by atoms with Gasteiger partial charge in [0.25, 0.3) is 5.56 Å². The first-order chi connectivity index (χ1) is 14.5. The second-order valence-electron chi connectivity index (χ2n) is 7.69. The molecule has 0 saturated heterocycles. The van der Waals surface area contributed by atoms with Gasteiger partial charge in [-0.25, -0.2) is 9.67 Å². The fourth-order valence-electron chi connectivity index (χ4n) is 3.79. The Kier molecular flexibility index (Phi) is 5.94. The highest BCUT2D eigenvalue weighted by molar-refractivity contribution is 7.99. The van der Waals surface area contributed by atoms with Crippen molar-refractivity contribution in [3.8, 4) is 5.69 Å². The molecule has 0 bridgehead atoms. The molecule has 2 aromatic heterocycles. The minimum Gasteiger partial charge on any atom is -0.343 e. The van der Waals surface area contributed by atoms with Crippen LogP contribution in [0.1, 0.15) is 44.7 Å². The third-order valence-corrected chi connectivity index (χ3v) is 6.67. The summed E-state index contributed by atoms with van der Waals surface area (Å²) in [6.07, 6.45) is 3.96. The van der Waals surface area contributed by atoms with Gasteiger partial charge in [0.05, 0.1) is 17.9 Å². The maximum Gasteiger partial charge on any atom is 0.265 e. The van der Waals surface area contributed by atoms with E-state index in [4.69, 9.17) is 4.98 Å². The van der Waals surface area contributed by atoms with Crippen LogP contribution in [0.15, 0.2) is 40.4 Å². The molecular formula is C22H27N5O2S. The lowest BCUT2D eigenvalue weighted by Crippen LogP contribution is -2.35. The van der Waals surface area contributed by atoms with Crippen LogP contribution in [0.3, 0.4) is 0 Å². The highest BCUT2D eigenvalue weighted by atomic mass is 32.2. The summed E-state index contributed by atoms with van der Waals surface area (Å²) in [5, 5.41) is 5.56. The van der Waals surface area contributed by atoms with E-state index in [0.29, 0.717) is 34.9 Å². The molecule has 7 nitrogen and oxygen atoms in total. The Morgan fingerprint density at radius 2 is 2.03 bits per heavy atom. The number of unbranched alkanes of at least 4 members (excludes halogenated alkanes) is 1. The van der Waals surface area contributed by atoms with Crippen LogP contribution in [0.4, 0.5) is 0 Å². The minimum absolute atomic E-state index is 0.103. The van der Waals surface area contributed by atoms with E-state index in [0.717, 1.165) is 30.6 Å². The number of benzene rings is 1. The minimum atomic E-state index is -0.166. The molecule has 1 unspecified atom stereocenters. The summed E-state index contributed by atoms with van der Waals surface area (Å²) in [4.78, 5) is 32.7. The Morgan fingerprint density at radius 1 is 1.27 bits per heavy atom. The zero-order valence-electron chi connectivity index (χ0n) is 17.7. The topological polar surface area (TPSA) is 73.0 Å². The van der Waals surface area contributed by atoms with Crippen molar-refractivity contribution in [2.24, 2.45) is 0 Å². The van der Waals surface area contributed by atoms with Crippen LogP contribution < -0.4 is 5.56 Å². The van der Waals surface area contributed by atoms with Crippen molar-refractivity contribution in [2.45, 2.75) is 51.2 Å². The van der Waals surface area contributed by atoms with Crippen molar-refractivity contribution in [3.63, 3.8) is 0 Å². The van der Waals surface area contributed by atoms with Crippen LogP contribution in [0.25, 0.3) is 16.7 Å². The third kappa shape index (κ3) is 3.76.